The SMILES string of the molecule is COc1cc(Cl)c(C)cc1NC(=O)c1cccc(F)n1. The van der Waals surface area contributed by atoms with E-state index in [0.29, 0.717) is 16.5 Å². The smallest absolute Gasteiger partial charge is 0.274 e. The molecule has 0 radical (unpaired) electrons. The molecular weight excluding hydrogens is 283 g/mol. The number of hydrogen-bond acceptors (Lipinski definition) is 3. The average molecular weight is 295 g/mol. The van der Waals surface area contributed by atoms with Crippen LogP contribution in [0.1, 0.15) is 16.1 Å². The molecule has 0 aliphatic heterocycles. The Bertz CT molecular complexity index is 662. The number of rotatable bonds is 3. The predicted octanol–water partition coefficient (Wildman–Crippen LogP) is 3.44. The zero-order chi connectivity index (χ0) is 14.7. The van der Waals surface area contributed by atoms with Gasteiger partial charge in [0.25, 0.3) is 5.91 Å². The van der Waals surface area contributed by atoms with Crippen molar-refractivity contribution in [2.75, 3.05) is 12.4 Å². The van der Waals surface area contributed by atoms with Gasteiger partial charge in [-0.05, 0) is 30.7 Å². The molecule has 0 saturated heterocycles. The molecule has 0 bridgehead atoms. The first-order chi connectivity index (χ1) is 9.51. The fourth-order valence-electron chi connectivity index (χ4n) is 1.65. The van der Waals surface area contributed by atoms with Crippen molar-refractivity contribution in [2.24, 2.45) is 0 Å². The Kier molecular flexibility index (Phi) is 4.20. The van der Waals surface area contributed by atoms with E-state index in [1.54, 1.807) is 19.1 Å². The summed E-state index contributed by atoms with van der Waals surface area (Å²) in [5.41, 5.74) is 1.22. The summed E-state index contributed by atoms with van der Waals surface area (Å²) >= 11 is 5.98. The van der Waals surface area contributed by atoms with E-state index in [0.717, 1.165) is 5.56 Å². The van der Waals surface area contributed by atoms with E-state index < -0.39 is 11.9 Å². The molecule has 0 spiro atoms. The van der Waals surface area contributed by atoms with Gasteiger partial charge >= 0.3 is 0 Å². The van der Waals surface area contributed by atoms with Crippen molar-refractivity contribution in [1.29, 1.82) is 0 Å². The zero-order valence-corrected chi connectivity index (χ0v) is 11.7. The molecule has 1 N–H and O–H groups in total. The number of hydrogen-bond donors (Lipinski definition) is 1. The van der Waals surface area contributed by atoms with Crippen LogP contribution in [0.25, 0.3) is 0 Å². The first-order valence-corrected chi connectivity index (χ1v) is 6.17. The maximum Gasteiger partial charge on any atom is 0.274 e. The van der Waals surface area contributed by atoms with Crippen LogP contribution < -0.4 is 10.1 Å². The molecule has 4 nitrogen and oxygen atoms in total. The van der Waals surface area contributed by atoms with Crippen molar-refractivity contribution >= 4 is 23.2 Å². The van der Waals surface area contributed by atoms with Gasteiger partial charge in [-0.15, -0.1) is 0 Å². The molecule has 2 rings (SSSR count). The van der Waals surface area contributed by atoms with Crippen LogP contribution in [-0.2, 0) is 0 Å². The minimum Gasteiger partial charge on any atom is -0.495 e. The van der Waals surface area contributed by atoms with Crippen LogP contribution in [0.4, 0.5) is 10.1 Å². The lowest BCUT2D eigenvalue weighted by atomic mass is 10.2. The number of aryl methyl sites for hydroxylation is 1. The summed E-state index contributed by atoms with van der Waals surface area (Å²) in [4.78, 5) is 15.5. The van der Waals surface area contributed by atoms with Gasteiger partial charge in [0, 0.05) is 11.1 Å². The molecule has 0 aliphatic carbocycles. The number of amides is 1. The Morgan fingerprint density at radius 1 is 1.40 bits per heavy atom. The van der Waals surface area contributed by atoms with Crippen LogP contribution in [0.3, 0.4) is 0 Å². The molecule has 1 heterocycles. The van der Waals surface area contributed by atoms with Gasteiger partial charge in [0.15, 0.2) is 0 Å². The summed E-state index contributed by atoms with van der Waals surface area (Å²) < 4.78 is 18.1. The van der Waals surface area contributed by atoms with Crippen LogP contribution in [0.5, 0.6) is 5.75 Å². The molecule has 1 amide bonds. The Balaban J connectivity index is 2.30. The molecule has 1 aromatic carbocycles. The molecule has 1 aromatic heterocycles. The van der Waals surface area contributed by atoms with E-state index in [4.69, 9.17) is 16.3 Å². The molecule has 20 heavy (non-hydrogen) atoms. The van der Waals surface area contributed by atoms with E-state index in [2.05, 4.69) is 10.3 Å². The largest absolute Gasteiger partial charge is 0.495 e. The average Bonchev–Trinajstić information content (AvgIpc) is 2.42. The van der Waals surface area contributed by atoms with Crippen molar-refractivity contribution < 1.29 is 13.9 Å². The van der Waals surface area contributed by atoms with Crippen molar-refractivity contribution in [3.63, 3.8) is 0 Å². The van der Waals surface area contributed by atoms with Crippen LogP contribution in [0.15, 0.2) is 30.3 Å². The normalized spacial score (nSPS) is 10.2. The lowest BCUT2D eigenvalue weighted by molar-refractivity contribution is 0.102. The van der Waals surface area contributed by atoms with E-state index >= 15 is 0 Å². The second-order valence-electron chi connectivity index (χ2n) is 4.10. The quantitative estimate of drug-likeness (QED) is 0.882. The summed E-state index contributed by atoms with van der Waals surface area (Å²) in [6.45, 7) is 1.80. The number of anilines is 1. The highest BCUT2D eigenvalue weighted by Gasteiger charge is 2.13. The fourth-order valence-corrected chi connectivity index (χ4v) is 1.80. The van der Waals surface area contributed by atoms with E-state index in [-0.39, 0.29) is 5.69 Å². The number of nitrogens with one attached hydrogen (secondary N) is 1. The second-order valence-corrected chi connectivity index (χ2v) is 4.51. The molecular formula is C14H12ClFN2O2. The second kappa shape index (κ2) is 5.88. The number of nitrogens with zero attached hydrogens (tertiary/aromatic N) is 1. The van der Waals surface area contributed by atoms with Gasteiger partial charge in [-0.2, -0.15) is 4.39 Å². The summed E-state index contributed by atoms with van der Waals surface area (Å²) in [6.07, 6.45) is 0. The lowest BCUT2D eigenvalue weighted by Crippen LogP contribution is -2.15. The highest BCUT2D eigenvalue weighted by Crippen LogP contribution is 2.31. The highest BCUT2D eigenvalue weighted by atomic mass is 35.5. The number of halogens is 2. The molecule has 0 saturated carbocycles. The van der Waals surface area contributed by atoms with Crippen LogP contribution >= 0.6 is 11.6 Å². The minimum absolute atomic E-state index is 0.0142. The monoisotopic (exact) mass is 294 g/mol. The highest BCUT2D eigenvalue weighted by molar-refractivity contribution is 6.31. The third-order valence-electron chi connectivity index (χ3n) is 2.68. The van der Waals surface area contributed by atoms with Crippen molar-refractivity contribution in [3.05, 3.63) is 52.6 Å². The van der Waals surface area contributed by atoms with Gasteiger partial charge in [-0.3, -0.25) is 4.79 Å². The summed E-state index contributed by atoms with van der Waals surface area (Å²) in [5.74, 6) is -0.813. The number of ether oxygens (including phenoxy) is 1. The van der Waals surface area contributed by atoms with Gasteiger partial charge in [0.1, 0.15) is 11.4 Å². The number of aromatic nitrogens is 1. The van der Waals surface area contributed by atoms with Crippen LogP contribution in [0, 0.1) is 12.9 Å². The zero-order valence-electron chi connectivity index (χ0n) is 10.9. The van der Waals surface area contributed by atoms with Gasteiger partial charge in [0.05, 0.1) is 12.8 Å². The minimum atomic E-state index is -0.711. The molecule has 2 aromatic rings. The molecule has 0 aliphatic rings. The van der Waals surface area contributed by atoms with Gasteiger partial charge < -0.3 is 10.1 Å². The standard InChI is InChI=1S/C14H12ClFN2O2/c1-8-6-11(12(20-2)7-9(8)15)18-14(19)10-4-3-5-13(16)17-10/h3-7H,1-2H3,(H,18,19). The van der Waals surface area contributed by atoms with Crippen molar-refractivity contribution in [1.82, 2.24) is 4.98 Å². The van der Waals surface area contributed by atoms with E-state index in [1.165, 1.54) is 25.3 Å². The van der Waals surface area contributed by atoms with Crippen molar-refractivity contribution in [3.8, 4) is 5.75 Å². The van der Waals surface area contributed by atoms with Crippen molar-refractivity contribution in [2.45, 2.75) is 6.92 Å². The summed E-state index contributed by atoms with van der Waals surface area (Å²) in [6, 6.07) is 7.29. The third kappa shape index (κ3) is 3.05. The molecule has 0 unspecified atom stereocenters. The summed E-state index contributed by atoms with van der Waals surface area (Å²) in [7, 11) is 1.47. The lowest BCUT2D eigenvalue weighted by Gasteiger charge is -2.12. The summed E-state index contributed by atoms with van der Waals surface area (Å²) in [5, 5.41) is 3.15. The number of pyridine rings is 1. The Hall–Kier alpha value is -2.14. The molecule has 0 atom stereocenters. The molecule has 104 valence electrons. The predicted molar refractivity (Wildman–Crippen MR) is 74.9 cm³/mol. The molecule has 0 fully saturated rings. The topological polar surface area (TPSA) is 51.2 Å². The first kappa shape index (κ1) is 14.3. The number of methoxy groups -OCH3 is 1. The number of carbonyl (C=O) groups is 1. The third-order valence-corrected chi connectivity index (χ3v) is 3.08. The maximum absolute atomic E-state index is 13.0. The van der Waals surface area contributed by atoms with E-state index in [1.807, 2.05) is 0 Å². The Morgan fingerprint density at radius 3 is 2.80 bits per heavy atom. The van der Waals surface area contributed by atoms with Gasteiger partial charge in [0.2, 0.25) is 5.95 Å². The van der Waals surface area contributed by atoms with Crippen LogP contribution in [-0.4, -0.2) is 18.0 Å². The number of carbonyl (C=O) groups excluding carboxylic acids is 1. The maximum atomic E-state index is 13.0. The Morgan fingerprint density at radius 2 is 2.15 bits per heavy atom. The first-order valence-electron chi connectivity index (χ1n) is 5.79. The van der Waals surface area contributed by atoms with Gasteiger partial charge in [-0.1, -0.05) is 17.7 Å². The fraction of sp³-hybridized carbons (Fsp3) is 0.143. The molecule has 6 heteroatoms. The Labute approximate surface area is 120 Å². The van der Waals surface area contributed by atoms with Crippen LogP contribution in [0.2, 0.25) is 5.02 Å². The number of benzene rings is 1. The van der Waals surface area contributed by atoms with Gasteiger partial charge in [-0.25, -0.2) is 4.98 Å². The van der Waals surface area contributed by atoms with E-state index in [9.17, 15) is 9.18 Å².